The lowest BCUT2D eigenvalue weighted by molar-refractivity contribution is -0.122. The first-order valence-electron chi connectivity index (χ1n) is 10.0. The number of carbonyl (C=O) groups excluding carboxylic acids is 1. The molecule has 1 aliphatic heterocycles. The van der Waals surface area contributed by atoms with E-state index < -0.39 is 0 Å². The van der Waals surface area contributed by atoms with Crippen molar-refractivity contribution < 1.29 is 4.79 Å². The number of benzene rings is 1. The molecule has 2 N–H and O–H groups in total. The Kier molecular flexibility index (Phi) is 7.43. The molecule has 150 valence electrons. The van der Waals surface area contributed by atoms with Crippen LogP contribution in [0.4, 0.5) is 0 Å². The molecule has 2 atom stereocenters. The third kappa shape index (κ3) is 4.90. The van der Waals surface area contributed by atoms with Crippen molar-refractivity contribution in [3.8, 4) is 0 Å². The predicted octanol–water partition coefficient (Wildman–Crippen LogP) is 3.03. The summed E-state index contributed by atoms with van der Waals surface area (Å²) < 4.78 is 0. The summed E-state index contributed by atoms with van der Waals surface area (Å²) in [7, 11) is 0. The minimum Gasteiger partial charge on any atom is -0.349 e. The molecule has 28 heavy (non-hydrogen) atoms. The van der Waals surface area contributed by atoms with Crippen molar-refractivity contribution in [2.24, 2.45) is 0 Å². The van der Waals surface area contributed by atoms with Gasteiger partial charge in [-0.1, -0.05) is 30.3 Å². The Morgan fingerprint density at radius 1 is 1.25 bits per heavy atom. The van der Waals surface area contributed by atoms with Crippen LogP contribution in [0.1, 0.15) is 48.0 Å². The number of fused-ring (bicyclic) bond motifs is 1. The summed E-state index contributed by atoms with van der Waals surface area (Å²) in [6, 6.07) is 13.1. The van der Waals surface area contributed by atoms with Crippen molar-refractivity contribution in [2.45, 2.75) is 37.8 Å². The van der Waals surface area contributed by atoms with E-state index in [1.165, 1.54) is 16.7 Å². The summed E-state index contributed by atoms with van der Waals surface area (Å²) in [6.07, 6.45) is 7.58. The van der Waals surface area contributed by atoms with Crippen molar-refractivity contribution in [3.05, 3.63) is 65.5 Å². The molecule has 0 saturated carbocycles. The van der Waals surface area contributed by atoms with Gasteiger partial charge in [0.2, 0.25) is 5.91 Å². The third-order valence-electron chi connectivity index (χ3n) is 5.75. The number of rotatable bonds is 5. The fraction of sp³-hybridized carbons (Fsp3) is 0.455. The van der Waals surface area contributed by atoms with Gasteiger partial charge in [-0.3, -0.25) is 14.7 Å². The largest absolute Gasteiger partial charge is 0.349 e. The maximum atomic E-state index is 12.6. The molecule has 0 radical (unpaired) electrons. The molecule has 0 bridgehead atoms. The zero-order valence-electron chi connectivity index (χ0n) is 16.1. The van der Waals surface area contributed by atoms with Gasteiger partial charge in [-0.2, -0.15) is 0 Å². The smallest absolute Gasteiger partial charge is 0.221 e. The molecule has 5 nitrogen and oxygen atoms in total. The summed E-state index contributed by atoms with van der Waals surface area (Å²) in [5, 5.41) is 6.73. The number of carbonyl (C=O) groups is 1. The summed E-state index contributed by atoms with van der Waals surface area (Å²) in [4.78, 5) is 19.3. The fourth-order valence-corrected chi connectivity index (χ4v) is 4.33. The molecule has 1 saturated heterocycles. The lowest BCUT2D eigenvalue weighted by Gasteiger charge is -2.36. The first-order valence-corrected chi connectivity index (χ1v) is 10.0. The van der Waals surface area contributed by atoms with E-state index in [4.69, 9.17) is 0 Å². The number of halogens is 1. The van der Waals surface area contributed by atoms with Crippen LogP contribution in [-0.2, 0) is 11.2 Å². The van der Waals surface area contributed by atoms with Crippen LogP contribution in [-0.4, -0.2) is 42.0 Å². The summed E-state index contributed by atoms with van der Waals surface area (Å²) >= 11 is 0. The van der Waals surface area contributed by atoms with E-state index in [1.807, 2.05) is 12.3 Å². The predicted molar refractivity (Wildman–Crippen MR) is 114 cm³/mol. The minimum atomic E-state index is 0. The summed E-state index contributed by atoms with van der Waals surface area (Å²) in [5.41, 5.74) is 3.90. The molecular formula is C22H29ClN4O. The number of nitrogens with one attached hydrogen (secondary N) is 2. The van der Waals surface area contributed by atoms with Gasteiger partial charge in [0.15, 0.2) is 0 Å². The number of hydrogen-bond donors (Lipinski definition) is 2. The Morgan fingerprint density at radius 2 is 2.14 bits per heavy atom. The van der Waals surface area contributed by atoms with Crippen LogP contribution in [0, 0.1) is 0 Å². The maximum absolute atomic E-state index is 12.6. The number of aromatic nitrogens is 1. The molecule has 1 aliphatic carbocycles. The number of amides is 1. The highest BCUT2D eigenvalue weighted by Gasteiger charge is 2.25. The average molecular weight is 401 g/mol. The van der Waals surface area contributed by atoms with Gasteiger partial charge >= 0.3 is 0 Å². The Balaban J connectivity index is 0.00000225. The van der Waals surface area contributed by atoms with Crippen LogP contribution in [0.5, 0.6) is 0 Å². The second kappa shape index (κ2) is 10.0. The van der Waals surface area contributed by atoms with Crippen LogP contribution in [0.3, 0.4) is 0 Å². The monoisotopic (exact) mass is 400 g/mol. The van der Waals surface area contributed by atoms with Crippen LogP contribution in [0.15, 0.2) is 48.8 Å². The minimum absolute atomic E-state index is 0. The highest BCUT2D eigenvalue weighted by Crippen LogP contribution is 2.29. The quantitative estimate of drug-likeness (QED) is 0.810. The van der Waals surface area contributed by atoms with E-state index in [1.54, 1.807) is 6.20 Å². The van der Waals surface area contributed by atoms with E-state index in [-0.39, 0.29) is 30.4 Å². The molecule has 2 heterocycles. The Labute approximate surface area is 173 Å². The molecule has 1 aromatic carbocycles. The lowest BCUT2D eigenvalue weighted by atomic mass is 9.87. The molecule has 1 aromatic heterocycles. The van der Waals surface area contributed by atoms with E-state index in [2.05, 4.69) is 50.8 Å². The second-order valence-corrected chi connectivity index (χ2v) is 7.50. The topological polar surface area (TPSA) is 57.3 Å². The molecular weight excluding hydrogens is 372 g/mol. The number of hydrogen-bond acceptors (Lipinski definition) is 4. The average Bonchev–Trinajstić information content (AvgIpc) is 2.73. The Bertz CT molecular complexity index is 770. The number of aryl methyl sites for hydroxylation is 1. The fourth-order valence-electron chi connectivity index (χ4n) is 4.33. The van der Waals surface area contributed by atoms with Gasteiger partial charge in [0.25, 0.3) is 0 Å². The third-order valence-corrected chi connectivity index (χ3v) is 5.75. The zero-order chi connectivity index (χ0) is 18.5. The SMILES string of the molecule is Cl.O=C(CCN1CCNCC1c1cccnc1)NC1CCCc2ccccc21. The zero-order valence-corrected chi connectivity index (χ0v) is 17.0. The lowest BCUT2D eigenvalue weighted by Crippen LogP contribution is -2.47. The van der Waals surface area contributed by atoms with Gasteiger partial charge in [-0.25, -0.2) is 0 Å². The van der Waals surface area contributed by atoms with Gasteiger partial charge in [0.05, 0.1) is 6.04 Å². The Hall–Kier alpha value is -1.95. The molecule has 2 aromatic rings. The summed E-state index contributed by atoms with van der Waals surface area (Å²) in [5.74, 6) is 0.153. The van der Waals surface area contributed by atoms with Crippen molar-refractivity contribution >= 4 is 18.3 Å². The molecule has 1 amide bonds. The molecule has 1 fully saturated rings. The van der Waals surface area contributed by atoms with E-state index in [9.17, 15) is 4.79 Å². The number of pyridine rings is 1. The van der Waals surface area contributed by atoms with E-state index in [0.29, 0.717) is 6.42 Å². The molecule has 4 rings (SSSR count). The summed E-state index contributed by atoms with van der Waals surface area (Å²) in [6.45, 7) is 3.61. The van der Waals surface area contributed by atoms with Gasteiger partial charge < -0.3 is 10.6 Å². The van der Waals surface area contributed by atoms with E-state index >= 15 is 0 Å². The molecule has 6 heteroatoms. The maximum Gasteiger partial charge on any atom is 0.221 e. The molecule has 2 aliphatic rings. The number of nitrogens with zero attached hydrogens (tertiary/aromatic N) is 2. The molecule has 2 unspecified atom stereocenters. The second-order valence-electron chi connectivity index (χ2n) is 7.50. The Morgan fingerprint density at radius 3 is 3.00 bits per heavy atom. The van der Waals surface area contributed by atoms with Gasteiger partial charge in [-0.15, -0.1) is 12.4 Å². The van der Waals surface area contributed by atoms with Crippen molar-refractivity contribution in [1.29, 1.82) is 0 Å². The normalized spacial score (nSPS) is 22.0. The van der Waals surface area contributed by atoms with Crippen LogP contribution in [0.25, 0.3) is 0 Å². The van der Waals surface area contributed by atoms with Gasteiger partial charge in [0.1, 0.15) is 0 Å². The van der Waals surface area contributed by atoms with Gasteiger partial charge in [-0.05, 0) is 42.0 Å². The standard InChI is InChI=1S/C22H28N4O.ClH/c27-22(25-20-9-3-6-17-5-1-2-8-19(17)20)10-13-26-14-12-24-16-21(26)18-7-4-11-23-15-18;/h1-2,4-5,7-8,11,15,20-21,24H,3,6,9-10,12-14,16H2,(H,25,27);1H. The van der Waals surface area contributed by atoms with Crippen LogP contribution >= 0.6 is 12.4 Å². The highest BCUT2D eigenvalue weighted by atomic mass is 35.5. The van der Waals surface area contributed by atoms with Crippen LogP contribution in [0.2, 0.25) is 0 Å². The first kappa shape index (κ1) is 20.8. The van der Waals surface area contributed by atoms with Crippen molar-refractivity contribution in [1.82, 2.24) is 20.5 Å². The van der Waals surface area contributed by atoms with E-state index in [0.717, 1.165) is 45.4 Å². The van der Waals surface area contributed by atoms with Crippen molar-refractivity contribution in [2.75, 3.05) is 26.2 Å². The molecule has 0 spiro atoms. The first-order chi connectivity index (χ1) is 13.3. The highest BCUT2D eigenvalue weighted by molar-refractivity contribution is 5.85. The van der Waals surface area contributed by atoms with Gasteiger partial charge in [0, 0.05) is 51.0 Å². The van der Waals surface area contributed by atoms with Crippen LogP contribution < -0.4 is 10.6 Å². The number of piperazine rings is 1. The van der Waals surface area contributed by atoms with Crippen molar-refractivity contribution in [3.63, 3.8) is 0 Å².